The second-order valence-electron chi connectivity index (χ2n) is 6.00. The highest BCUT2D eigenvalue weighted by atomic mass is 15.2. The van der Waals surface area contributed by atoms with E-state index in [0.717, 1.165) is 23.1 Å². The van der Waals surface area contributed by atoms with Gasteiger partial charge in [-0.05, 0) is 31.7 Å². The summed E-state index contributed by atoms with van der Waals surface area (Å²) in [6.07, 6.45) is 6.53. The predicted molar refractivity (Wildman–Crippen MR) is 91.0 cm³/mol. The van der Waals surface area contributed by atoms with Gasteiger partial charge < -0.3 is 5.73 Å². The third kappa shape index (κ3) is 3.53. The third-order valence-electron chi connectivity index (χ3n) is 4.28. The van der Waals surface area contributed by atoms with Gasteiger partial charge in [0.2, 0.25) is 5.95 Å². The number of para-hydroxylation sites is 1. The molecule has 1 aliphatic rings. The number of benzene rings is 1. The molecule has 2 aromatic rings. The van der Waals surface area contributed by atoms with Crippen molar-refractivity contribution in [3.63, 3.8) is 0 Å². The summed E-state index contributed by atoms with van der Waals surface area (Å²) in [5, 5.41) is 4.08. The van der Waals surface area contributed by atoms with E-state index in [0.29, 0.717) is 17.8 Å². The number of hydrogen-bond acceptors (Lipinski definition) is 3. The summed E-state index contributed by atoms with van der Waals surface area (Å²) in [5.74, 6) is 1.59. The van der Waals surface area contributed by atoms with Gasteiger partial charge in [-0.15, -0.1) is 0 Å². The number of aliphatic imine (C=N–C) groups is 1. The molecule has 1 aromatic heterocycles. The Hall–Kier alpha value is -2.17. The number of aryl methyl sites for hydroxylation is 1. The van der Waals surface area contributed by atoms with Gasteiger partial charge in [-0.1, -0.05) is 37.5 Å². The molecule has 1 heterocycles. The van der Waals surface area contributed by atoms with E-state index in [9.17, 15) is 0 Å². The summed E-state index contributed by atoms with van der Waals surface area (Å²) in [4.78, 5) is 13.4. The summed E-state index contributed by atoms with van der Waals surface area (Å²) in [5.41, 5.74) is 7.83. The van der Waals surface area contributed by atoms with Gasteiger partial charge in [0.05, 0.1) is 11.2 Å². The number of nitrogens with two attached hydrogens (primary N) is 1. The minimum atomic E-state index is 0.403. The fourth-order valence-electron chi connectivity index (χ4n) is 3.04. The first-order valence-electron chi connectivity index (χ1n) is 8.03. The van der Waals surface area contributed by atoms with Crippen LogP contribution in [0, 0.1) is 12.8 Å². The third-order valence-corrected chi connectivity index (χ3v) is 4.28. The van der Waals surface area contributed by atoms with Crippen LogP contribution in [0.1, 0.15) is 37.8 Å². The highest BCUT2D eigenvalue weighted by Gasteiger charge is 2.13. The number of aromatic nitrogens is 2. The SMILES string of the molecule is Cc1nc(NC(N)=NCC2CCCCC2)nc2ccccc12. The Morgan fingerprint density at radius 1 is 1.23 bits per heavy atom. The molecule has 116 valence electrons. The molecule has 5 nitrogen and oxygen atoms in total. The number of nitrogens with zero attached hydrogens (tertiary/aromatic N) is 3. The maximum absolute atomic E-state index is 5.98. The molecule has 0 atom stereocenters. The van der Waals surface area contributed by atoms with E-state index in [1.54, 1.807) is 0 Å². The number of hydrogen-bond donors (Lipinski definition) is 2. The van der Waals surface area contributed by atoms with Crippen molar-refractivity contribution in [3.05, 3.63) is 30.0 Å². The monoisotopic (exact) mass is 297 g/mol. The Balaban J connectivity index is 1.69. The predicted octanol–water partition coefficient (Wildman–Crippen LogP) is 3.25. The molecule has 5 heteroatoms. The van der Waals surface area contributed by atoms with Crippen molar-refractivity contribution in [1.29, 1.82) is 0 Å². The van der Waals surface area contributed by atoms with E-state index >= 15 is 0 Å². The van der Waals surface area contributed by atoms with Crippen LogP contribution in [-0.2, 0) is 0 Å². The minimum absolute atomic E-state index is 0.403. The first-order chi connectivity index (χ1) is 10.7. The lowest BCUT2D eigenvalue weighted by Crippen LogP contribution is -2.25. The minimum Gasteiger partial charge on any atom is -0.370 e. The van der Waals surface area contributed by atoms with E-state index in [4.69, 9.17) is 5.73 Å². The Morgan fingerprint density at radius 2 is 2.00 bits per heavy atom. The van der Waals surface area contributed by atoms with E-state index in [1.807, 2.05) is 31.2 Å². The van der Waals surface area contributed by atoms with Crippen LogP contribution in [0.3, 0.4) is 0 Å². The van der Waals surface area contributed by atoms with Gasteiger partial charge in [-0.25, -0.2) is 9.97 Å². The summed E-state index contributed by atoms with van der Waals surface area (Å²) in [6, 6.07) is 7.96. The highest BCUT2D eigenvalue weighted by molar-refractivity contribution is 5.92. The molecule has 1 aromatic carbocycles. The lowest BCUT2D eigenvalue weighted by atomic mass is 9.89. The number of nitrogens with one attached hydrogen (secondary N) is 1. The van der Waals surface area contributed by atoms with E-state index in [-0.39, 0.29) is 0 Å². The number of anilines is 1. The molecule has 0 radical (unpaired) electrons. The van der Waals surface area contributed by atoms with Crippen LogP contribution in [0.2, 0.25) is 0 Å². The Morgan fingerprint density at radius 3 is 2.82 bits per heavy atom. The largest absolute Gasteiger partial charge is 0.370 e. The lowest BCUT2D eigenvalue weighted by Gasteiger charge is -2.19. The quantitative estimate of drug-likeness (QED) is 0.673. The highest BCUT2D eigenvalue weighted by Crippen LogP contribution is 2.23. The summed E-state index contributed by atoms with van der Waals surface area (Å²) < 4.78 is 0. The van der Waals surface area contributed by atoms with E-state index in [1.165, 1.54) is 32.1 Å². The first-order valence-corrected chi connectivity index (χ1v) is 8.03. The molecule has 0 spiro atoms. The second-order valence-corrected chi connectivity index (χ2v) is 6.00. The molecule has 1 aliphatic carbocycles. The van der Waals surface area contributed by atoms with Gasteiger partial charge in [0, 0.05) is 11.9 Å². The zero-order valence-corrected chi connectivity index (χ0v) is 13.0. The molecule has 0 aliphatic heterocycles. The maximum Gasteiger partial charge on any atom is 0.230 e. The van der Waals surface area contributed by atoms with Crippen LogP contribution in [-0.4, -0.2) is 22.5 Å². The second kappa shape index (κ2) is 6.73. The molecule has 0 unspecified atom stereocenters. The standard InChI is InChI=1S/C17H23N5/c1-12-14-9-5-6-10-15(14)21-17(20-12)22-16(18)19-11-13-7-3-2-4-8-13/h5-6,9-10,13H,2-4,7-8,11H2,1H3,(H3,18,19,20,21,22). The van der Waals surface area contributed by atoms with Gasteiger partial charge in [-0.3, -0.25) is 10.3 Å². The molecule has 0 bridgehead atoms. The van der Waals surface area contributed by atoms with Crippen LogP contribution in [0.25, 0.3) is 10.9 Å². The average Bonchev–Trinajstić information content (AvgIpc) is 2.54. The Kier molecular flexibility index (Phi) is 4.51. The average molecular weight is 297 g/mol. The van der Waals surface area contributed by atoms with E-state index in [2.05, 4.69) is 20.3 Å². The molecule has 0 saturated heterocycles. The normalized spacial score (nSPS) is 16.9. The molecular weight excluding hydrogens is 274 g/mol. The van der Waals surface area contributed by atoms with Crippen LogP contribution >= 0.6 is 0 Å². The van der Waals surface area contributed by atoms with Crippen LogP contribution in [0.4, 0.5) is 5.95 Å². The summed E-state index contributed by atoms with van der Waals surface area (Å²) in [7, 11) is 0. The van der Waals surface area contributed by atoms with Crippen molar-refractivity contribution in [2.45, 2.75) is 39.0 Å². The number of fused-ring (bicyclic) bond motifs is 1. The number of guanidine groups is 1. The van der Waals surface area contributed by atoms with Gasteiger partial charge in [-0.2, -0.15) is 0 Å². The molecule has 3 rings (SSSR count). The van der Waals surface area contributed by atoms with Gasteiger partial charge in [0.15, 0.2) is 5.96 Å². The molecule has 1 saturated carbocycles. The molecule has 22 heavy (non-hydrogen) atoms. The fourth-order valence-corrected chi connectivity index (χ4v) is 3.04. The Labute approximate surface area is 131 Å². The summed E-state index contributed by atoms with van der Waals surface area (Å²) >= 11 is 0. The Bertz CT molecular complexity index is 674. The molecular formula is C17H23N5. The molecule has 1 fully saturated rings. The van der Waals surface area contributed by atoms with Crippen molar-refractivity contribution in [2.75, 3.05) is 11.9 Å². The zero-order chi connectivity index (χ0) is 15.4. The smallest absolute Gasteiger partial charge is 0.230 e. The van der Waals surface area contributed by atoms with E-state index < -0.39 is 0 Å². The first kappa shape index (κ1) is 14.8. The van der Waals surface area contributed by atoms with Crippen LogP contribution < -0.4 is 11.1 Å². The van der Waals surface area contributed by atoms with Gasteiger partial charge in [0.25, 0.3) is 0 Å². The van der Waals surface area contributed by atoms with Crippen LogP contribution in [0.5, 0.6) is 0 Å². The van der Waals surface area contributed by atoms with Crippen molar-refractivity contribution in [3.8, 4) is 0 Å². The summed E-state index contributed by atoms with van der Waals surface area (Å²) in [6.45, 7) is 2.77. The zero-order valence-electron chi connectivity index (χ0n) is 13.0. The topological polar surface area (TPSA) is 76.2 Å². The molecule has 3 N–H and O–H groups in total. The van der Waals surface area contributed by atoms with Crippen molar-refractivity contribution in [1.82, 2.24) is 9.97 Å². The fraction of sp³-hybridized carbons (Fsp3) is 0.471. The van der Waals surface area contributed by atoms with Gasteiger partial charge >= 0.3 is 0 Å². The van der Waals surface area contributed by atoms with Gasteiger partial charge in [0.1, 0.15) is 0 Å². The number of rotatable bonds is 3. The van der Waals surface area contributed by atoms with Crippen LogP contribution in [0.15, 0.2) is 29.3 Å². The maximum atomic E-state index is 5.98. The van der Waals surface area contributed by atoms with Crippen molar-refractivity contribution in [2.24, 2.45) is 16.6 Å². The van der Waals surface area contributed by atoms with Crippen molar-refractivity contribution < 1.29 is 0 Å². The lowest BCUT2D eigenvalue weighted by molar-refractivity contribution is 0.367. The van der Waals surface area contributed by atoms with Crippen molar-refractivity contribution >= 4 is 22.8 Å². The molecule has 0 amide bonds.